The Morgan fingerprint density at radius 1 is 1.33 bits per heavy atom. The Morgan fingerprint density at radius 3 is 2.42 bits per heavy atom. The molecule has 0 saturated heterocycles. The van der Waals surface area contributed by atoms with E-state index in [0.29, 0.717) is 5.92 Å². The molecule has 0 amide bonds. The molecule has 0 saturated carbocycles. The molecule has 0 aromatic carbocycles. The fraction of sp³-hybridized carbons (Fsp3) is 0.600. The van der Waals surface area contributed by atoms with Gasteiger partial charge in [0.1, 0.15) is 6.33 Å². The standard InChI is InChI=1S/C8H12N2.C2H6/c1-7(2)5-8-3-4-9-6-10-8;1-2/h3-4,6-7H,5H2,1-2H3;1-2H3. The van der Waals surface area contributed by atoms with Gasteiger partial charge in [-0.25, -0.2) is 9.97 Å². The van der Waals surface area contributed by atoms with Crippen LogP contribution in [0, 0.1) is 5.92 Å². The normalized spacial score (nSPS) is 9.08. The number of nitrogens with zero attached hydrogens (tertiary/aromatic N) is 2. The summed E-state index contributed by atoms with van der Waals surface area (Å²) in [7, 11) is 0. The fourth-order valence-electron chi connectivity index (χ4n) is 0.857. The van der Waals surface area contributed by atoms with E-state index in [1.807, 2.05) is 19.9 Å². The third-order valence-electron chi connectivity index (χ3n) is 1.26. The second kappa shape index (κ2) is 6.77. The van der Waals surface area contributed by atoms with Crippen LogP contribution in [0.5, 0.6) is 0 Å². The minimum absolute atomic E-state index is 0.676. The quantitative estimate of drug-likeness (QED) is 0.675. The van der Waals surface area contributed by atoms with Crippen LogP contribution in [0.3, 0.4) is 0 Å². The van der Waals surface area contributed by atoms with Gasteiger partial charge in [-0.15, -0.1) is 0 Å². The van der Waals surface area contributed by atoms with E-state index in [2.05, 4.69) is 23.8 Å². The summed E-state index contributed by atoms with van der Waals surface area (Å²) in [5.41, 5.74) is 1.13. The topological polar surface area (TPSA) is 25.8 Å². The zero-order valence-electron chi connectivity index (χ0n) is 8.41. The van der Waals surface area contributed by atoms with Gasteiger partial charge in [-0.3, -0.25) is 0 Å². The van der Waals surface area contributed by atoms with Crippen LogP contribution in [0.2, 0.25) is 0 Å². The molecule has 0 N–H and O–H groups in total. The number of aromatic nitrogens is 2. The smallest absolute Gasteiger partial charge is 0.115 e. The van der Waals surface area contributed by atoms with E-state index in [9.17, 15) is 0 Å². The van der Waals surface area contributed by atoms with Crippen molar-refractivity contribution in [2.24, 2.45) is 5.92 Å². The van der Waals surface area contributed by atoms with Crippen molar-refractivity contribution < 1.29 is 0 Å². The van der Waals surface area contributed by atoms with E-state index in [1.54, 1.807) is 12.5 Å². The average Bonchev–Trinajstić information content (AvgIpc) is 2.08. The van der Waals surface area contributed by atoms with Gasteiger partial charge in [0.25, 0.3) is 0 Å². The minimum atomic E-state index is 0.676. The van der Waals surface area contributed by atoms with Crippen molar-refractivity contribution in [2.45, 2.75) is 34.1 Å². The number of rotatable bonds is 2. The third kappa shape index (κ3) is 4.83. The molecule has 2 heteroatoms. The SMILES string of the molecule is CC.CC(C)Cc1ccncn1. The highest BCUT2D eigenvalue weighted by Crippen LogP contribution is 2.01. The lowest BCUT2D eigenvalue weighted by Gasteiger charge is -2.01. The second-order valence-electron chi connectivity index (χ2n) is 2.80. The van der Waals surface area contributed by atoms with Crippen LogP contribution in [-0.2, 0) is 6.42 Å². The molecular formula is C10H18N2. The summed E-state index contributed by atoms with van der Waals surface area (Å²) >= 11 is 0. The lowest BCUT2D eigenvalue weighted by Crippen LogP contribution is -1.96. The van der Waals surface area contributed by atoms with Gasteiger partial charge >= 0.3 is 0 Å². The molecule has 1 aromatic rings. The molecule has 0 aliphatic carbocycles. The number of hydrogen-bond donors (Lipinski definition) is 0. The number of hydrogen-bond acceptors (Lipinski definition) is 2. The lowest BCUT2D eigenvalue weighted by molar-refractivity contribution is 0.634. The maximum absolute atomic E-state index is 4.11. The highest BCUT2D eigenvalue weighted by molar-refractivity contribution is 4.97. The molecule has 0 atom stereocenters. The Balaban J connectivity index is 0.000000561. The highest BCUT2D eigenvalue weighted by atomic mass is 14.8. The first kappa shape index (κ1) is 11.1. The maximum Gasteiger partial charge on any atom is 0.115 e. The van der Waals surface area contributed by atoms with E-state index < -0.39 is 0 Å². The van der Waals surface area contributed by atoms with Crippen molar-refractivity contribution in [3.05, 3.63) is 24.3 Å². The van der Waals surface area contributed by atoms with Crippen molar-refractivity contribution in [1.29, 1.82) is 0 Å². The molecule has 2 nitrogen and oxygen atoms in total. The summed E-state index contributed by atoms with van der Waals surface area (Å²) in [6.07, 6.45) is 4.42. The van der Waals surface area contributed by atoms with Gasteiger partial charge in [0.05, 0.1) is 0 Å². The minimum Gasteiger partial charge on any atom is -0.245 e. The van der Waals surface area contributed by atoms with Crippen LogP contribution in [0.1, 0.15) is 33.4 Å². The predicted molar refractivity (Wildman–Crippen MR) is 51.9 cm³/mol. The van der Waals surface area contributed by atoms with Crippen molar-refractivity contribution in [1.82, 2.24) is 9.97 Å². The first-order valence-corrected chi connectivity index (χ1v) is 4.54. The molecule has 1 heterocycles. The largest absolute Gasteiger partial charge is 0.245 e. The second-order valence-corrected chi connectivity index (χ2v) is 2.80. The molecule has 1 rings (SSSR count). The van der Waals surface area contributed by atoms with Crippen LogP contribution < -0.4 is 0 Å². The highest BCUT2D eigenvalue weighted by Gasteiger charge is 1.96. The summed E-state index contributed by atoms with van der Waals surface area (Å²) < 4.78 is 0. The van der Waals surface area contributed by atoms with Gasteiger partial charge in [0, 0.05) is 11.9 Å². The maximum atomic E-state index is 4.11. The Labute approximate surface area is 75.1 Å². The first-order chi connectivity index (χ1) is 5.79. The van der Waals surface area contributed by atoms with Gasteiger partial charge in [-0.2, -0.15) is 0 Å². The van der Waals surface area contributed by atoms with E-state index in [1.165, 1.54) is 0 Å². The molecule has 12 heavy (non-hydrogen) atoms. The molecular weight excluding hydrogens is 148 g/mol. The van der Waals surface area contributed by atoms with E-state index >= 15 is 0 Å². The molecule has 0 bridgehead atoms. The van der Waals surface area contributed by atoms with E-state index in [-0.39, 0.29) is 0 Å². The molecule has 0 unspecified atom stereocenters. The monoisotopic (exact) mass is 166 g/mol. The zero-order valence-corrected chi connectivity index (χ0v) is 8.41. The van der Waals surface area contributed by atoms with Gasteiger partial charge in [-0.1, -0.05) is 27.7 Å². The predicted octanol–water partition coefficient (Wildman–Crippen LogP) is 2.70. The fourth-order valence-corrected chi connectivity index (χ4v) is 0.857. The Bertz CT molecular complexity index is 182. The van der Waals surface area contributed by atoms with Gasteiger partial charge in [0.2, 0.25) is 0 Å². The summed E-state index contributed by atoms with van der Waals surface area (Å²) in [5, 5.41) is 0. The molecule has 0 aliphatic heterocycles. The third-order valence-corrected chi connectivity index (χ3v) is 1.26. The molecule has 0 radical (unpaired) electrons. The molecule has 0 fully saturated rings. The van der Waals surface area contributed by atoms with Crippen LogP contribution in [0.15, 0.2) is 18.6 Å². The van der Waals surface area contributed by atoms with Crippen molar-refractivity contribution in [2.75, 3.05) is 0 Å². The van der Waals surface area contributed by atoms with Crippen molar-refractivity contribution in [3.63, 3.8) is 0 Å². The molecule has 0 aliphatic rings. The van der Waals surface area contributed by atoms with E-state index in [0.717, 1.165) is 12.1 Å². The van der Waals surface area contributed by atoms with Crippen molar-refractivity contribution >= 4 is 0 Å². The van der Waals surface area contributed by atoms with E-state index in [4.69, 9.17) is 0 Å². The van der Waals surface area contributed by atoms with Crippen LogP contribution in [0.25, 0.3) is 0 Å². The van der Waals surface area contributed by atoms with Crippen LogP contribution in [0.4, 0.5) is 0 Å². The van der Waals surface area contributed by atoms with Gasteiger partial charge in [0.15, 0.2) is 0 Å². The molecule has 0 spiro atoms. The summed E-state index contributed by atoms with van der Waals surface area (Å²) in [4.78, 5) is 7.95. The van der Waals surface area contributed by atoms with Crippen LogP contribution in [-0.4, -0.2) is 9.97 Å². The lowest BCUT2D eigenvalue weighted by atomic mass is 10.1. The molecule has 1 aromatic heterocycles. The molecule has 68 valence electrons. The van der Waals surface area contributed by atoms with Gasteiger partial charge in [-0.05, 0) is 18.4 Å². The summed E-state index contributed by atoms with van der Waals surface area (Å²) in [6.45, 7) is 8.37. The Hall–Kier alpha value is -0.920. The van der Waals surface area contributed by atoms with Gasteiger partial charge < -0.3 is 0 Å². The summed E-state index contributed by atoms with van der Waals surface area (Å²) in [5.74, 6) is 0.676. The van der Waals surface area contributed by atoms with Crippen LogP contribution >= 0.6 is 0 Å². The average molecular weight is 166 g/mol. The Kier molecular flexibility index (Phi) is 6.25. The first-order valence-electron chi connectivity index (χ1n) is 4.54. The summed E-state index contributed by atoms with van der Waals surface area (Å²) in [6, 6.07) is 1.96. The Morgan fingerprint density at radius 2 is 2.00 bits per heavy atom. The van der Waals surface area contributed by atoms with Crippen molar-refractivity contribution in [3.8, 4) is 0 Å². The zero-order chi connectivity index (χ0) is 9.40.